The van der Waals surface area contributed by atoms with E-state index in [2.05, 4.69) is 60.0 Å². The summed E-state index contributed by atoms with van der Waals surface area (Å²) in [6.07, 6.45) is 6.97. The Morgan fingerprint density at radius 3 is 2.60 bits per heavy atom. The molecule has 1 aliphatic carbocycles. The monoisotopic (exact) mass is 403 g/mol. The van der Waals surface area contributed by atoms with Gasteiger partial charge in [-0.1, -0.05) is 19.1 Å². The second-order valence-corrected chi connectivity index (χ2v) is 8.42. The lowest BCUT2D eigenvalue weighted by molar-refractivity contribution is -0.122. The Morgan fingerprint density at radius 2 is 1.93 bits per heavy atom. The maximum Gasteiger partial charge on any atom is 0.228 e. The van der Waals surface area contributed by atoms with Crippen molar-refractivity contribution in [3.63, 3.8) is 0 Å². The van der Waals surface area contributed by atoms with E-state index in [0.717, 1.165) is 54.7 Å². The highest BCUT2D eigenvalue weighted by Crippen LogP contribution is 2.30. The minimum atomic E-state index is -0.0381. The van der Waals surface area contributed by atoms with Crippen molar-refractivity contribution in [2.75, 3.05) is 5.32 Å². The standard InChI is InChI=1S/C25H29N3O2/c1-4-18-12-23(28(3)16(18)2)20-9-10-21-14-26-24(13-22(21)11-20)27-25(30)19-7-5-17(15-29)6-8-19/h9-15,17,19H,4-8H2,1-3H3,(H,26,27,30). The smallest absolute Gasteiger partial charge is 0.228 e. The molecule has 156 valence electrons. The zero-order valence-electron chi connectivity index (χ0n) is 17.9. The average Bonchev–Trinajstić information content (AvgIpc) is 3.07. The van der Waals surface area contributed by atoms with Crippen LogP contribution in [0.25, 0.3) is 22.0 Å². The van der Waals surface area contributed by atoms with Crippen LogP contribution < -0.4 is 5.32 Å². The van der Waals surface area contributed by atoms with Crippen LogP contribution in [0, 0.1) is 18.8 Å². The summed E-state index contributed by atoms with van der Waals surface area (Å²) in [5.41, 5.74) is 5.00. The van der Waals surface area contributed by atoms with Gasteiger partial charge in [0.15, 0.2) is 0 Å². The Labute approximate surface area is 177 Å². The number of amides is 1. The van der Waals surface area contributed by atoms with Crippen molar-refractivity contribution in [3.8, 4) is 11.3 Å². The molecule has 1 aliphatic rings. The third-order valence-corrected chi connectivity index (χ3v) is 6.62. The van der Waals surface area contributed by atoms with Gasteiger partial charge in [-0.15, -0.1) is 0 Å². The summed E-state index contributed by atoms with van der Waals surface area (Å²) in [7, 11) is 2.10. The number of carbonyl (C=O) groups is 2. The third-order valence-electron chi connectivity index (χ3n) is 6.62. The summed E-state index contributed by atoms with van der Waals surface area (Å²) in [4.78, 5) is 28.0. The minimum absolute atomic E-state index is 0.00741. The van der Waals surface area contributed by atoms with Crippen molar-refractivity contribution in [2.45, 2.75) is 46.0 Å². The zero-order chi connectivity index (χ0) is 21.3. The molecule has 1 fully saturated rings. The van der Waals surface area contributed by atoms with Crippen molar-refractivity contribution in [3.05, 3.63) is 47.8 Å². The van der Waals surface area contributed by atoms with Crippen molar-refractivity contribution in [1.82, 2.24) is 9.55 Å². The van der Waals surface area contributed by atoms with E-state index in [1.807, 2.05) is 12.3 Å². The number of hydrogen-bond donors (Lipinski definition) is 1. The Morgan fingerprint density at radius 1 is 1.17 bits per heavy atom. The van der Waals surface area contributed by atoms with Gasteiger partial charge in [0.2, 0.25) is 5.91 Å². The number of pyridine rings is 1. The minimum Gasteiger partial charge on any atom is -0.348 e. The Balaban J connectivity index is 1.56. The summed E-state index contributed by atoms with van der Waals surface area (Å²) in [5.74, 6) is 0.664. The molecule has 0 atom stereocenters. The normalized spacial score (nSPS) is 19.0. The largest absolute Gasteiger partial charge is 0.348 e. The van der Waals surface area contributed by atoms with E-state index in [-0.39, 0.29) is 17.7 Å². The fourth-order valence-corrected chi connectivity index (χ4v) is 4.51. The summed E-state index contributed by atoms with van der Waals surface area (Å²) in [5, 5.41) is 5.09. The van der Waals surface area contributed by atoms with Crippen LogP contribution in [0.4, 0.5) is 5.82 Å². The van der Waals surface area contributed by atoms with Crippen molar-refractivity contribution >= 4 is 28.8 Å². The van der Waals surface area contributed by atoms with Crippen LogP contribution in [-0.2, 0) is 23.1 Å². The molecule has 0 aliphatic heterocycles. The second-order valence-electron chi connectivity index (χ2n) is 8.42. The van der Waals surface area contributed by atoms with Crippen molar-refractivity contribution in [1.29, 1.82) is 0 Å². The molecule has 5 nitrogen and oxygen atoms in total. The fourth-order valence-electron chi connectivity index (χ4n) is 4.51. The Kier molecular flexibility index (Phi) is 5.71. The van der Waals surface area contributed by atoms with E-state index in [0.29, 0.717) is 5.82 Å². The van der Waals surface area contributed by atoms with E-state index >= 15 is 0 Å². The van der Waals surface area contributed by atoms with Gasteiger partial charge in [0.1, 0.15) is 12.1 Å². The lowest BCUT2D eigenvalue weighted by Gasteiger charge is -2.24. The average molecular weight is 404 g/mol. The first-order chi connectivity index (χ1) is 14.5. The van der Waals surface area contributed by atoms with Crippen molar-refractivity contribution in [2.24, 2.45) is 18.9 Å². The van der Waals surface area contributed by atoms with E-state index in [1.54, 1.807) is 0 Å². The first-order valence-corrected chi connectivity index (χ1v) is 10.8. The number of aryl methyl sites for hydroxylation is 1. The zero-order valence-corrected chi connectivity index (χ0v) is 17.9. The summed E-state index contributed by atoms with van der Waals surface area (Å²) >= 11 is 0. The maximum absolute atomic E-state index is 12.7. The first-order valence-electron chi connectivity index (χ1n) is 10.8. The van der Waals surface area contributed by atoms with E-state index in [1.165, 1.54) is 17.0 Å². The Hall–Kier alpha value is -2.95. The number of aromatic nitrogens is 2. The molecule has 1 saturated carbocycles. The van der Waals surface area contributed by atoms with E-state index in [4.69, 9.17) is 0 Å². The maximum atomic E-state index is 12.7. The molecule has 30 heavy (non-hydrogen) atoms. The molecule has 1 aromatic carbocycles. The van der Waals surface area contributed by atoms with Gasteiger partial charge in [-0.3, -0.25) is 4.79 Å². The number of nitrogens with one attached hydrogen (secondary N) is 1. The lowest BCUT2D eigenvalue weighted by Crippen LogP contribution is -2.27. The summed E-state index contributed by atoms with van der Waals surface area (Å²) < 4.78 is 2.24. The highest BCUT2D eigenvalue weighted by Gasteiger charge is 2.26. The highest BCUT2D eigenvalue weighted by molar-refractivity contribution is 5.95. The van der Waals surface area contributed by atoms with Gasteiger partial charge >= 0.3 is 0 Å². The Bertz CT molecular complexity index is 1090. The SMILES string of the molecule is CCc1cc(-c2ccc3cnc(NC(=O)C4CCC(C=O)CC4)cc3c2)n(C)c1C. The van der Waals surface area contributed by atoms with Crippen LogP contribution in [-0.4, -0.2) is 21.7 Å². The van der Waals surface area contributed by atoms with Gasteiger partial charge in [0.25, 0.3) is 0 Å². The van der Waals surface area contributed by atoms with E-state index < -0.39 is 0 Å². The van der Waals surface area contributed by atoms with Gasteiger partial charge < -0.3 is 14.7 Å². The molecule has 0 unspecified atom stereocenters. The molecule has 0 radical (unpaired) electrons. The van der Waals surface area contributed by atoms with Crippen LogP contribution in [0.15, 0.2) is 36.5 Å². The number of rotatable bonds is 5. The van der Waals surface area contributed by atoms with Crippen LogP contribution in [0.5, 0.6) is 0 Å². The molecular weight excluding hydrogens is 374 g/mol. The van der Waals surface area contributed by atoms with E-state index in [9.17, 15) is 9.59 Å². The topological polar surface area (TPSA) is 64.0 Å². The number of fused-ring (bicyclic) bond motifs is 1. The lowest BCUT2D eigenvalue weighted by atomic mass is 9.82. The molecule has 1 amide bonds. The third kappa shape index (κ3) is 3.89. The number of hydrogen-bond acceptors (Lipinski definition) is 3. The first kappa shape index (κ1) is 20.3. The number of nitrogens with zero attached hydrogens (tertiary/aromatic N) is 2. The number of anilines is 1. The molecule has 5 heteroatoms. The van der Waals surface area contributed by atoms with Gasteiger partial charge in [-0.05, 0) is 73.7 Å². The molecular formula is C25H29N3O2. The van der Waals surface area contributed by atoms with Gasteiger partial charge in [0.05, 0.1) is 0 Å². The van der Waals surface area contributed by atoms with Crippen LogP contribution in [0.2, 0.25) is 0 Å². The molecule has 2 aromatic heterocycles. The molecule has 4 rings (SSSR count). The molecule has 3 aromatic rings. The molecule has 0 spiro atoms. The quantitative estimate of drug-likeness (QED) is 0.606. The number of aldehydes is 1. The molecule has 0 saturated heterocycles. The molecule has 2 heterocycles. The predicted molar refractivity (Wildman–Crippen MR) is 120 cm³/mol. The molecule has 0 bridgehead atoms. The van der Waals surface area contributed by atoms with Crippen LogP contribution >= 0.6 is 0 Å². The van der Waals surface area contributed by atoms with Crippen molar-refractivity contribution < 1.29 is 9.59 Å². The number of carbonyl (C=O) groups excluding carboxylic acids is 2. The molecule has 1 N–H and O–H groups in total. The summed E-state index contributed by atoms with van der Waals surface area (Å²) in [6.45, 7) is 4.34. The predicted octanol–water partition coefficient (Wildman–Crippen LogP) is 5.05. The van der Waals surface area contributed by atoms with Gasteiger partial charge in [-0.25, -0.2) is 4.98 Å². The van der Waals surface area contributed by atoms with Gasteiger partial charge in [0, 0.05) is 41.9 Å². The van der Waals surface area contributed by atoms with Crippen LogP contribution in [0.3, 0.4) is 0 Å². The highest BCUT2D eigenvalue weighted by atomic mass is 16.2. The second kappa shape index (κ2) is 8.42. The number of benzene rings is 1. The van der Waals surface area contributed by atoms with Crippen LogP contribution in [0.1, 0.15) is 43.9 Å². The summed E-state index contributed by atoms with van der Waals surface area (Å²) in [6, 6.07) is 10.6. The fraction of sp³-hybridized carbons (Fsp3) is 0.400. The van der Waals surface area contributed by atoms with Gasteiger partial charge in [-0.2, -0.15) is 0 Å².